The molecule has 0 saturated heterocycles. The van der Waals surface area contributed by atoms with E-state index in [1.165, 1.54) is 16.3 Å². The van der Waals surface area contributed by atoms with E-state index >= 15 is 0 Å². The third-order valence-electron chi connectivity index (χ3n) is 4.41. The summed E-state index contributed by atoms with van der Waals surface area (Å²) in [5, 5.41) is 14.0. The highest BCUT2D eigenvalue weighted by atomic mass is 16.4. The van der Waals surface area contributed by atoms with E-state index in [0.717, 1.165) is 16.7 Å². The first-order chi connectivity index (χ1) is 12.1. The molecular formula is C21H19NO3. The van der Waals surface area contributed by atoms with E-state index in [1.54, 1.807) is 0 Å². The highest BCUT2D eigenvalue weighted by molar-refractivity contribution is 5.98. The summed E-state index contributed by atoms with van der Waals surface area (Å²) in [4.78, 5) is 21.7. The quantitative estimate of drug-likeness (QED) is 0.668. The second kappa shape index (κ2) is 7.18. The fraction of sp³-hybridized carbons (Fsp3) is 0.143. The largest absolute Gasteiger partial charge is 0.481 e. The molecule has 0 spiro atoms. The van der Waals surface area contributed by atoms with Gasteiger partial charge in [0.25, 0.3) is 0 Å². The van der Waals surface area contributed by atoms with E-state index in [-0.39, 0.29) is 6.42 Å². The number of carbonyl (C=O) groups excluding carboxylic acids is 1. The molecule has 0 fully saturated rings. The Labute approximate surface area is 146 Å². The van der Waals surface area contributed by atoms with Crippen molar-refractivity contribution in [3.63, 3.8) is 0 Å². The van der Waals surface area contributed by atoms with Crippen molar-refractivity contribution in [2.75, 3.05) is 0 Å². The zero-order chi connectivity index (χ0) is 17.8. The van der Waals surface area contributed by atoms with E-state index in [1.807, 2.05) is 36.4 Å². The van der Waals surface area contributed by atoms with E-state index < -0.39 is 12.0 Å². The summed E-state index contributed by atoms with van der Waals surface area (Å²) in [7, 11) is 0. The predicted octanol–water partition coefficient (Wildman–Crippen LogP) is 4.08. The molecule has 0 aromatic heterocycles. The lowest BCUT2D eigenvalue weighted by Gasteiger charge is -2.15. The number of aliphatic carboxylic acids is 1. The Morgan fingerprint density at radius 3 is 2.36 bits per heavy atom. The van der Waals surface area contributed by atoms with Gasteiger partial charge >= 0.3 is 5.97 Å². The number of amides is 1. The lowest BCUT2D eigenvalue weighted by molar-refractivity contribution is -0.137. The Morgan fingerprint density at radius 2 is 1.72 bits per heavy atom. The summed E-state index contributed by atoms with van der Waals surface area (Å²) in [6.45, 7) is 2.09. The highest BCUT2D eigenvalue weighted by Crippen LogP contribution is 2.31. The predicted molar refractivity (Wildman–Crippen MR) is 98.3 cm³/mol. The van der Waals surface area contributed by atoms with Crippen LogP contribution in [0.15, 0.2) is 60.7 Å². The van der Waals surface area contributed by atoms with Crippen LogP contribution in [-0.2, 0) is 9.59 Å². The third kappa shape index (κ3) is 3.53. The smallest absolute Gasteiger partial charge is 0.305 e. The van der Waals surface area contributed by atoms with Crippen molar-refractivity contribution in [2.45, 2.75) is 19.4 Å². The molecule has 1 atom stereocenters. The van der Waals surface area contributed by atoms with Crippen molar-refractivity contribution in [1.82, 2.24) is 5.32 Å². The van der Waals surface area contributed by atoms with Gasteiger partial charge in [0, 0.05) is 0 Å². The van der Waals surface area contributed by atoms with Gasteiger partial charge in [-0.05, 0) is 39.9 Å². The van der Waals surface area contributed by atoms with Gasteiger partial charge < -0.3 is 10.4 Å². The van der Waals surface area contributed by atoms with Crippen LogP contribution in [0, 0.1) is 6.92 Å². The molecule has 0 aliphatic rings. The number of nitrogens with one attached hydrogen (secondary N) is 1. The molecule has 126 valence electrons. The maximum absolute atomic E-state index is 11.0. The maximum atomic E-state index is 11.0. The summed E-state index contributed by atoms with van der Waals surface area (Å²) in [5.74, 6) is -0.951. The Hall–Kier alpha value is -3.14. The molecule has 3 aromatic rings. The summed E-state index contributed by atoms with van der Waals surface area (Å²) >= 11 is 0. The molecule has 0 saturated carbocycles. The van der Waals surface area contributed by atoms with Crippen molar-refractivity contribution >= 4 is 23.2 Å². The first-order valence-electron chi connectivity index (χ1n) is 8.10. The van der Waals surface area contributed by atoms with Gasteiger partial charge in [-0.1, -0.05) is 60.7 Å². The summed E-state index contributed by atoms with van der Waals surface area (Å²) in [6, 6.07) is 19.6. The molecular weight excluding hydrogens is 314 g/mol. The normalized spacial score (nSPS) is 11.9. The van der Waals surface area contributed by atoms with Crippen molar-refractivity contribution in [2.24, 2.45) is 0 Å². The SMILES string of the molecule is Cc1ccc(-c2ccc(C(CC(=O)O)NC=O)cc2)c2ccccc12. The van der Waals surface area contributed by atoms with E-state index in [4.69, 9.17) is 5.11 Å². The van der Waals surface area contributed by atoms with Crippen LogP contribution in [0.2, 0.25) is 0 Å². The van der Waals surface area contributed by atoms with Gasteiger partial charge in [-0.2, -0.15) is 0 Å². The van der Waals surface area contributed by atoms with Crippen LogP contribution in [0.4, 0.5) is 0 Å². The summed E-state index contributed by atoms with van der Waals surface area (Å²) in [6.07, 6.45) is 0.389. The van der Waals surface area contributed by atoms with Gasteiger partial charge in [-0.15, -0.1) is 0 Å². The van der Waals surface area contributed by atoms with Crippen LogP contribution in [0.1, 0.15) is 23.6 Å². The molecule has 1 amide bonds. The molecule has 4 heteroatoms. The van der Waals surface area contributed by atoms with Gasteiger partial charge in [0.2, 0.25) is 6.41 Å². The number of benzene rings is 3. The second-order valence-electron chi connectivity index (χ2n) is 6.03. The van der Waals surface area contributed by atoms with Crippen LogP contribution < -0.4 is 5.32 Å². The van der Waals surface area contributed by atoms with Crippen LogP contribution in [0.5, 0.6) is 0 Å². The van der Waals surface area contributed by atoms with Gasteiger partial charge in [0.1, 0.15) is 0 Å². The number of fused-ring (bicyclic) bond motifs is 1. The molecule has 0 heterocycles. The number of carboxylic acids is 1. The Morgan fingerprint density at radius 1 is 1.04 bits per heavy atom. The van der Waals surface area contributed by atoms with Crippen LogP contribution in [-0.4, -0.2) is 17.5 Å². The van der Waals surface area contributed by atoms with E-state index in [0.29, 0.717) is 6.41 Å². The van der Waals surface area contributed by atoms with Gasteiger partial charge in [0.15, 0.2) is 0 Å². The Kier molecular flexibility index (Phi) is 4.80. The first kappa shape index (κ1) is 16.7. The molecule has 0 aliphatic carbocycles. The fourth-order valence-electron chi connectivity index (χ4n) is 3.13. The Bertz CT molecular complexity index is 916. The van der Waals surface area contributed by atoms with E-state index in [2.05, 4.69) is 36.5 Å². The average Bonchev–Trinajstić information content (AvgIpc) is 2.62. The molecule has 2 N–H and O–H groups in total. The lowest BCUT2D eigenvalue weighted by Crippen LogP contribution is -2.22. The maximum Gasteiger partial charge on any atom is 0.305 e. The topological polar surface area (TPSA) is 66.4 Å². The number of carbonyl (C=O) groups is 2. The molecule has 25 heavy (non-hydrogen) atoms. The molecule has 0 radical (unpaired) electrons. The van der Waals surface area contributed by atoms with Crippen LogP contribution in [0.25, 0.3) is 21.9 Å². The number of aryl methyl sites for hydroxylation is 1. The van der Waals surface area contributed by atoms with Crippen molar-refractivity contribution < 1.29 is 14.7 Å². The average molecular weight is 333 g/mol. The number of hydrogen-bond acceptors (Lipinski definition) is 2. The lowest BCUT2D eigenvalue weighted by atomic mass is 9.94. The zero-order valence-corrected chi connectivity index (χ0v) is 13.9. The highest BCUT2D eigenvalue weighted by Gasteiger charge is 2.15. The fourth-order valence-corrected chi connectivity index (χ4v) is 3.13. The molecule has 0 bridgehead atoms. The minimum absolute atomic E-state index is 0.147. The van der Waals surface area contributed by atoms with Crippen molar-refractivity contribution in [3.05, 3.63) is 71.8 Å². The molecule has 4 nitrogen and oxygen atoms in total. The number of carboxylic acid groups (broad SMARTS) is 1. The standard InChI is InChI=1S/C21H19NO3/c1-14-6-11-18(19-5-3-2-4-17(14)19)15-7-9-16(10-8-15)20(22-13-23)12-21(24)25/h2-11,13,20H,12H2,1H3,(H,22,23)(H,24,25). The number of hydrogen-bond donors (Lipinski definition) is 2. The minimum Gasteiger partial charge on any atom is -0.481 e. The zero-order valence-electron chi connectivity index (χ0n) is 13.9. The van der Waals surface area contributed by atoms with Crippen molar-refractivity contribution in [1.29, 1.82) is 0 Å². The Balaban J connectivity index is 1.99. The van der Waals surface area contributed by atoms with E-state index in [9.17, 15) is 9.59 Å². The summed E-state index contributed by atoms with van der Waals surface area (Å²) in [5.41, 5.74) is 4.19. The van der Waals surface area contributed by atoms with Crippen LogP contribution in [0.3, 0.4) is 0 Å². The summed E-state index contributed by atoms with van der Waals surface area (Å²) < 4.78 is 0. The molecule has 1 unspecified atom stereocenters. The van der Waals surface area contributed by atoms with Gasteiger partial charge in [-0.3, -0.25) is 9.59 Å². The van der Waals surface area contributed by atoms with Gasteiger partial charge in [-0.25, -0.2) is 0 Å². The molecule has 3 aromatic carbocycles. The van der Waals surface area contributed by atoms with Crippen LogP contribution >= 0.6 is 0 Å². The monoisotopic (exact) mass is 333 g/mol. The molecule has 0 aliphatic heterocycles. The molecule has 3 rings (SSSR count). The first-order valence-corrected chi connectivity index (χ1v) is 8.10. The van der Waals surface area contributed by atoms with Gasteiger partial charge in [0.05, 0.1) is 12.5 Å². The minimum atomic E-state index is -0.951. The second-order valence-corrected chi connectivity index (χ2v) is 6.03. The third-order valence-corrected chi connectivity index (χ3v) is 4.41. The van der Waals surface area contributed by atoms with Crippen molar-refractivity contribution in [3.8, 4) is 11.1 Å². The number of rotatable bonds is 6.